The molecule has 2 saturated heterocycles. The number of ketones is 1. The molecule has 2 aliphatic heterocycles. The van der Waals surface area contributed by atoms with Gasteiger partial charge in [-0.05, 0) is 43.0 Å². The standard InChI is InChI=1S/C18H22BrNO4/c1-10-9-11(2)15(19)12(3)13(10)14-16(21)18(24-17(14)22)5-7-20(23-4)8-6-18/h9,14H,5-8H2,1-4H3. The maximum Gasteiger partial charge on any atom is 0.322 e. The van der Waals surface area contributed by atoms with Crippen LogP contribution in [0.5, 0.6) is 0 Å². The van der Waals surface area contributed by atoms with E-state index in [1.807, 2.05) is 26.8 Å². The molecule has 0 N–H and O–H groups in total. The first-order valence-corrected chi connectivity index (χ1v) is 8.92. The number of halogens is 1. The number of aryl methyl sites for hydroxylation is 2. The molecule has 24 heavy (non-hydrogen) atoms. The molecule has 2 heterocycles. The predicted octanol–water partition coefficient (Wildman–Crippen LogP) is 2.98. The zero-order valence-electron chi connectivity index (χ0n) is 14.4. The van der Waals surface area contributed by atoms with Gasteiger partial charge < -0.3 is 9.57 Å². The second-order valence-electron chi connectivity index (χ2n) is 6.69. The van der Waals surface area contributed by atoms with Crippen LogP contribution in [0.15, 0.2) is 10.5 Å². The fourth-order valence-corrected chi connectivity index (χ4v) is 4.25. The number of hydroxylamine groups is 2. The number of esters is 1. The van der Waals surface area contributed by atoms with Crippen molar-refractivity contribution in [3.63, 3.8) is 0 Å². The Bertz CT molecular complexity index is 707. The van der Waals surface area contributed by atoms with Crippen molar-refractivity contribution in [2.24, 2.45) is 0 Å². The van der Waals surface area contributed by atoms with Gasteiger partial charge in [0, 0.05) is 30.4 Å². The van der Waals surface area contributed by atoms with Crippen LogP contribution in [-0.4, -0.2) is 42.6 Å². The molecule has 0 saturated carbocycles. The lowest BCUT2D eigenvalue weighted by Gasteiger charge is -2.35. The Morgan fingerprint density at radius 3 is 2.42 bits per heavy atom. The van der Waals surface area contributed by atoms with E-state index in [1.54, 1.807) is 12.2 Å². The van der Waals surface area contributed by atoms with Crippen LogP contribution in [0.3, 0.4) is 0 Å². The minimum absolute atomic E-state index is 0.106. The molecule has 0 amide bonds. The summed E-state index contributed by atoms with van der Waals surface area (Å²) in [5.41, 5.74) is 2.78. The normalized spacial score (nSPS) is 23.8. The van der Waals surface area contributed by atoms with E-state index in [9.17, 15) is 9.59 Å². The average molecular weight is 396 g/mol. The van der Waals surface area contributed by atoms with Gasteiger partial charge in [-0.15, -0.1) is 0 Å². The van der Waals surface area contributed by atoms with Gasteiger partial charge in [-0.3, -0.25) is 9.59 Å². The molecule has 0 aromatic heterocycles. The van der Waals surface area contributed by atoms with Gasteiger partial charge in [0.15, 0.2) is 11.4 Å². The quantitative estimate of drug-likeness (QED) is 0.568. The minimum atomic E-state index is -0.993. The van der Waals surface area contributed by atoms with E-state index < -0.39 is 17.5 Å². The molecule has 130 valence electrons. The first-order chi connectivity index (χ1) is 11.3. The van der Waals surface area contributed by atoms with E-state index >= 15 is 0 Å². The van der Waals surface area contributed by atoms with Crippen LogP contribution in [0.2, 0.25) is 0 Å². The van der Waals surface area contributed by atoms with Crippen molar-refractivity contribution in [1.29, 1.82) is 0 Å². The van der Waals surface area contributed by atoms with Gasteiger partial charge in [-0.1, -0.05) is 22.0 Å². The maximum absolute atomic E-state index is 13.2. The van der Waals surface area contributed by atoms with Gasteiger partial charge >= 0.3 is 5.97 Å². The molecule has 0 aliphatic carbocycles. The monoisotopic (exact) mass is 395 g/mol. The van der Waals surface area contributed by atoms with Crippen molar-refractivity contribution in [3.05, 3.63) is 32.8 Å². The zero-order valence-corrected chi connectivity index (χ0v) is 16.0. The highest BCUT2D eigenvalue weighted by Gasteiger charge is 2.57. The molecule has 0 bridgehead atoms. The van der Waals surface area contributed by atoms with Gasteiger partial charge in [-0.25, -0.2) is 0 Å². The molecular weight excluding hydrogens is 374 g/mol. The highest BCUT2D eigenvalue weighted by molar-refractivity contribution is 9.10. The number of carbonyl (C=O) groups is 2. The Morgan fingerprint density at radius 1 is 1.21 bits per heavy atom. The fourth-order valence-electron chi connectivity index (χ4n) is 3.92. The largest absolute Gasteiger partial charge is 0.450 e. The second kappa shape index (κ2) is 6.24. The number of carbonyl (C=O) groups excluding carboxylic acids is 2. The number of benzene rings is 1. The third-order valence-electron chi connectivity index (χ3n) is 5.26. The summed E-state index contributed by atoms with van der Waals surface area (Å²) in [5, 5.41) is 1.79. The van der Waals surface area contributed by atoms with E-state index in [1.165, 1.54) is 0 Å². The van der Waals surface area contributed by atoms with E-state index in [0.717, 1.165) is 26.7 Å². The van der Waals surface area contributed by atoms with Crippen molar-refractivity contribution >= 4 is 27.7 Å². The summed E-state index contributed by atoms with van der Waals surface area (Å²) < 4.78 is 6.60. The van der Waals surface area contributed by atoms with Crippen molar-refractivity contribution in [1.82, 2.24) is 5.06 Å². The van der Waals surface area contributed by atoms with Gasteiger partial charge in [0.05, 0.1) is 7.11 Å². The Morgan fingerprint density at radius 2 is 1.83 bits per heavy atom. The van der Waals surface area contributed by atoms with E-state index in [-0.39, 0.29) is 5.78 Å². The SMILES string of the molecule is CON1CCC2(CC1)OC(=O)C(c1c(C)cc(C)c(Br)c1C)C2=O. The summed E-state index contributed by atoms with van der Waals surface area (Å²) in [6.45, 7) is 7.06. The number of hydrogen-bond acceptors (Lipinski definition) is 5. The third-order valence-corrected chi connectivity index (χ3v) is 6.48. The minimum Gasteiger partial charge on any atom is -0.450 e. The Hall–Kier alpha value is -1.24. The van der Waals surface area contributed by atoms with Crippen LogP contribution in [0.25, 0.3) is 0 Å². The highest BCUT2D eigenvalue weighted by atomic mass is 79.9. The molecule has 5 nitrogen and oxygen atoms in total. The van der Waals surface area contributed by atoms with Crippen LogP contribution in [0, 0.1) is 20.8 Å². The van der Waals surface area contributed by atoms with Gasteiger partial charge in [0.2, 0.25) is 0 Å². The number of ether oxygens (including phenoxy) is 1. The summed E-state index contributed by atoms with van der Waals surface area (Å²) in [7, 11) is 1.61. The highest BCUT2D eigenvalue weighted by Crippen LogP contribution is 2.43. The molecule has 1 spiro atoms. The Labute approximate surface area is 150 Å². The van der Waals surface area contributed by atoms with Gasteiger partial charge in [0.25, 0.3) is 0 Å². The van der Waals surface area contributed by atoms with Crippen LogP contribution in [0.4, 0.5) is 0 Å². The van der Waals surface area contributed by atoms with Crippen molar-refractivity contribution < 1.29 is 19.2 Å². The number of piperidine rings is 1. The number of nitrogens with zero attached hydrogens (tertiary/aromatic N) is 1. The molecule has 1 aromatic rings. The molecule has 1 aromatic carbocycles. The molecule has 6 heteroatoms. The van der Waals surface area contributed by atoms with Crippen LogP contribution in [0.1, 0.15) is 41.0 Å². The van der Waals surface area contributed by atoms with Gasteiger partial charge in [0.1, 0.15) is 5.92 Å². The molecule has 2 aliphatic rings. The second-order valence-corrected chi connectivity index (χ2v) is 7.48. The molecule has 1 unspecified atom stereocenters. The first kappa shape index (κ1) is 17.6. The van der Waals surface area contributed by atoms with Crippen molar-refractivity contribution in [2.75, 3.05) is 20.2 Å². The third kappa shape index (κ3) is 2.61. The van der Waals surface area contributed by atoms with E-state index in [4.69, 9.17) is 9.57 Å². The van der Waals surface area contributed by atoms with Crippen LogP contribution >= 0.6 is 15.9 Å². The van der Waals surface area contributed by atoms with Gasteiger partial charge in [-0.2, -0.15) is 5.06 Å². The molecular formula is C18H22BrNO4. The smallest absolute Gasteiger partial charge is 0.322 e. The van der Waals surface area contributed by atoms with Crippen LogP contribution in [-0.2, 0) is 19.2 Å². The zero-order chi connectivity index (χ0) is 17.6. The lowest BCUT2D eigenvalue weighted by molar-refractivity contribution is -0.184. The lowest BCUT2D eigenvalue weighted by atomic mass is 9.79. The number of rotatable bonds is 2. The summed E-state index contributed by atoms with van der Waals surface area (Å²) in [6, 6.07) is 2.01. The lowest BCUT2D eigenvalue weighted by Crippen LogP contribution is -2.48. The molecule has 2 fully saturated rings. The number of hydrogen-bond donors (Lipinski definition) is 0. The molecule has 1 atom stereocenters. The molecule has 0 radical (unpaired) electrons. The summed E-state index contributed by atoms with van der Waals surface area (Å²) in [5.74, 6) is -1.35. The maximum atomic E-state index is 13.2. The van der Waals surface area contributed by atoms with Crippen LogP contribution < -0.4 is 0 Å². The van der Waals surface area contributed by atoms with Crippen molar-refractivity contribution in [3.8, 4) is 0 Å². The van der Waals surface area contributed by atoms with Crippen molar-refractivity contribution in [2.45, 2.75) is 45.1 Å². The summed E-state index contributed by atoms with van der Waals surface area (Å²) in [6.07, 6.45) is 0.958. The average Bonchev–Trinajstić information content (AvgIpc) is 2.78. The number of Topliss-reactive ketones (excluding diaryl/α,β-unsaturated/α-hetero) is 1. The summed E-state index contributed by atoms with van der Waals surface area (Å²) >= 11 is 3.57. The van der Waals surface area contributed by atoms with E-state index in [2.05, 4.69) is 15.9 Å². The summed E-state index contributed by atoms with van der Waals surface area (Å²) in [4.78, 5) is 31.0. The fraction of sp³-hybridized carbons (Fsp3) is 0.556. The first-order valence-electron chi connectivity index (χ1n) is 8.13. The Kier molecular flexibility index (Phi) is 4.57. The molecule has 3 rings (SSSR count). The predicted molar refractivity (Wildman–Crippen MR) is 92.7 cm³/mol. The topological polar surface area (TPSA) is 55.8 Å². The Balaban J connectivity index is 1.98. The van der Waals surface area contributed by atoms with E-state index in [0.29, 0.717) is 25.9 Å².